The van der Waals surface area contributed by atoms with Crippen molar-refractivity contribution in [3.8, 4) is 0 Å². The first kappa shape index (κ1) is 18.7. The van der Waals surface area contributed by atoms with Crippen molar-refractivity contribution in [3.63, 3.8) is 0 Å². The van der Waals surface area contributed by atoms with Gasteiger partial charge < -0.3 is 0 Å². The molecule has 27 heavy (non-hydrogen) atoms. The van der Waals surface area contributed by atoms with Crippen molar-refractivity contribution in [1.82, 2.24) is 0 Å². The van der Waals surface area contributed by atoms with Crippen molar-refractivity contribution < 1.29 is 0 Å². The molecule has 0 heteroatoms. The second-order valence-electron chi connectivity index (χ2n) is 13.2. The molecule has 0 aromatic rings. The SMILES string of the molecule is CC1(C)CCC[C@]2(C)[C@H]3CCC4=C5CCC[C@@]5(C)CC[C@@]4(C)[C@]3(C)CC[C@@H]12. The van der Waals surface area contributed by atoms with Crippen LogP contribution in [0.1, 0.15) is 119 Å². The molecule has 0 spiro atoms. The minimum absolute atomic E-state index is 0.491. The first-order chi connectivity index (χ1) is 12.6. The summed E-state index contributed by atoms with van der Waals surface area (Å²) in [4.78, 5) is 0. The Hall–Kier alpha value is -0.260. The van der Waals surface area contributed by atoms with E-state index in [2.05, 4.69) is 41.5 Å². The summed E-state index contributed by atoms with van der Waals surface area (Å²) in [6, 6.07) is 0. The van der Waals surface area contributed by atoms with Gasteiger partial charge in [-0.3, -0.25) is 0 Å². The summed E-state index contributed by atoms with van der Waals surface area (Å²) in [5, 5.41) is 0. The highest BCUT2D eigenvalue weighted by molar-refractivity contribution is 5.37. The fourth-order valence-corrected chi connectivity index (χ4v) is 10.2. The number of allylic oxidation sites excluding steroid dienone is 2. The van der Waals surface area contributed by atoms with Gasteiger partial charge in [-0.2, -0.15) is 0 Å². The van der Waals surface area contributed by atoms with Gasteiger partial charge in [0.2, 0.25) is 0 Å². The molecule has 6 atom stereocenters. The van der Waals surface area contributed by atoms with Crippen LogP contribution in [0.25, 0.3) is 0 Å². The van der Waals surface area contributed by atoms with Crippen LogP contribution in [0.4, 0.5) is 0 Å². The summed E-state index contributed by atoms with van der Waals surface area (Å²) in [5.74, 6) is 1.90. The van der Waals surface area contributed by atoms with E-state index >= 15 is 0 Å². The molecule has 4 saturated carbocycles. The van der Waals surface area contributed by atoms with Gasteiger partial charge in [0.25, 0.3) is 0 Å². The molecule has 0 aromatic heterocycles. The third kappa shape index (κ3) is 2.17. The quantitative estimate of drug-likeness (QED) is 0.377. The molecule has 0 radical (unpaired) electrons. The number of hydrogen-bond acceptors (Lipinski definition) is 0. The zero-order valence-electron chi connectivity index (χ0n) is 19.1. The smallest absolute Gasteiger partial charge is 0.00566 e. The highest BCUT2D eigenvalue weighted by atomic mass is 14.7. The lowest BCUT2D eigenvalue weighted by atomic mass is 9.35. The van der Waals surface area contributed by atoms with Crippen molar-refractivity contribution in [3.05, 3.63) is 11.1 Å². The lowest BCUT2D eigenvalue weighted by Gasteiger charge is -2.70. The van der Waals surface area contributed by atoms with E-state index in [1.54, 1.807) is 0 Å². The van der Waals surface area contributed by atoms with Gasteiger partial charge in [0.15, 0.2) is 0 Å². The van der Waals surface area contributed by atoms with Gasteiger partial charge in [0.05, 0.1) is 0 Å². The number of hydrogen-bond donors (Lipinski definition) is 0. The van der Waals surface area contributed by atoms with Gasteiger partial charge >= 0.3 is 0 Å². The largest absolute Gasteiger partial charge is 0.0645 e. The van der Waals surface area contributed by atoms with Crippen LogP contribution in [0.5, 0.6) is 0 Å². The summed E-state index contributed by atoms with van der Waals surface area (Å²) in [7, 11) is 0. The maximum absolute atomic E-state index is 2.76. The average Bonchev–Trinajstić information content (AvgIpc) is 2.97. The van der Waals surface area contributed by atoms with E-state index in [4.69, 9.17) is 0 Å². The van der Waals surface area contributed by atoms with E-state index < -0.39 is 0 Å². The maximum atomic E-state index is 2.76. The first-order valence-corrected chi connectivity index (χ1v) is 12.3. The van der Waals surface area contributed by atoms with Gasteiger partial charge in [-0.05, 0) is 110 Å². The molecule has 4 fully saturated rings. The molecule has 0 unspecified atom stereocenters. The minimum atomic E-state index is 0.491. The van der Waals surface area contributed by atoms with Crippen molar-refractivity contribution in [2.75, 3.05) is 0 Å². The number of fused-ring (bicyclic) bond motifs is 6. The molecule has 0 aromatic carbocycles. The van der Waals surface area contributed by atoms with Crippen molar-refractivity contribution in [1.29, 1.82) is 0 Å². The Kier molecular flexibility index (Phi) is 3.79. The van der Waals surface area contributed by atoms with Crippen LogP contribution in [0, 0.1) is 38.9 Å². The molecule has 0 bridgehead atoms. The lowest BCUT2D eigenvalue weighted by Crippen LogP contribution is -2.61. The summed E-state index contributed by atoms with van der Waals surface area (Å²) in [5.41, 5.74) is 6.68. The van der Waals surface area contributed by atoms with E-state index in [-0.39, 0.29) is 0 Å². The van der Waals surface area contributed by atoms with Crippen LogP contribution in [-0.4, -0.2) is 0 Å². The van der Waals surface area contributed by atoms with Gasteiger partial charge in [-0.25, -0.2) is 0 Å². The fraction of sp³-hybridized carbons (Fsp3) is 0.926. The zero-order chi connectivity index (χ0) is 19.3. The van der Waals surface area contributed by atoms with Crippen LogP contribution in [0.15, 0.2) is 11.1 Å². The molecule has 0 heterocycles. The van der Waals surface area contributed by atoms with Crippen LogP contribution < -0.4 is 0 Å². The molecule has 0 saturated heterocycles. The van der Waals surface area contributed by atoms with Crippen LogP contribution in [-0.2, 0) is 0 Å². The predicted octanol–water partition coefficient (Wildman–Crippen LogP) is 8.32. The van der Waals surface area contributed by atoms with E-state index in [0.717, 1.165) is 11.8 Å². The Bertz CT molecular complexity index is 682. The summed E-state index contributed by atoms with van der Waals surface area (Å²) < 4.78 is 0. The zero-order valence-corrected chi connectivity index (χ0v) is 19.1. The summed E-state index contributed by atoms with van der Waals surface area (Å²) in [6.07, 6.45) is 17.6. The molecule has 5 rings (SSSR count). The van der Waals surface area contributed by atoms with Gasteiger partial charge in [-0.1, -0.05) is 59.1 Å². The molecule has 0 nitrogen and oxygen atoms in total. The monoisotopic (exact) mass is 368 g/mol. The Morgan fingerprint density at radius 2 is 1.41 bits per heavy atom. The van der Waals surface area contributed by atoms with Crippen LogP contribution in [0.2, 0.25) is 0 Å². The number of rotatable bonds is 0. The maximum Gasteiger partial charge on any atom is -0.00566 e. The van der Waals surface area contributed by atoms with Crippen molar-refractivity contribution >= 4 is 0 Å². The predicted molar refractivity (Wildman–Crippen MR) is 116 cm³/mol. The minimum Gasteiger partial charge on any atom is -0.0645 e. The average molecular weight is 369 g/mol. The van der Waals surface area contributed by atoms with E-state index in [0.29, 0.717) is 27.1 Å². The molecule has 0 N–H and O–H groups in total. The third-order valence-electron chi connectivity index (χ3n) is 11.8. The Morgan fingerprint density at radius 3 is 2.19 bits per heavy atom. The second kappa shape index (κ2) is 5.46. The van der Waals surface area contributed by atoms with E-state index in [1.807, 2.05) is 11.1 Å². The Morgan fingerprint density at radius 1 is 0.630 bits per heavy atom. The second-order valence-corrected chi connectivity index (χ2v) is 13.2. The summed E-state index contributed by atoms with van der Waals surface area (Å²) in [6.45, 7) is 16.0. The summed E-state index contributed by atoms with van der Waals surface area (Å²) >= 11 is 0. The molecule has 0 amide bonds. The van der Waals surface area contributed by atoms with Gasteiger partial charge in [-0.15, -0.1) is 0 Å². The lowest BCUT2D eigenvalue weighted by molar-refractivity contribution is -0.179. The van der Waals surface area contributed by atoms with E-state index in [1.165, 1.54) is 77.0 Å². The highest BCUT2D eigenvalue weighted by Crippen LogP contribution is 2.75. The third-order valence-corrected chi connectivity index (χ3v) is 11.8. The molecule has 5 aliphatic rings. The molecule has 0 aliphatic heterocycles. The first-order valence-electron chi connectivity index (χ1n) is 12.3. The molecule has 152 valence electrons. The van der Waals surface area contributed by atoms with Crippen LogP contribution in [0.3, 0.4) is 0 Å². The normalized spacial score (nSPS) is 54.0. The van der Waals surface area contributed by atoms with Gasteiger partial charge in [0, 0.05) is 0 Å². The molecule has 5 aliphatic carbocycles. The van der Waals surface area contributed by atoms with Gasteiger partial charge in [0.1, 0.15) is 0 Å². The van der Waals surface area contributed by atoms with Crippen molar-refractivity contribution in [2.24, 2.45) is 38.9 Å². The van der Waals surface area contributed by atoms with Crippen molar-refractivity contribution in [2.45, 2.75) is 119 Å². The van der Waals surface area contributed by atoms with Crippen LogP contribution >= 0.6 is 0 Å². The molecular weight excluding hydrogens is 324 g/mol. The Labute approximate surface area is 169 Å². The highest BCUT2D eigenvalue weighted by Gasteiger charge is 2.66. The standard InChI is InChI=1S/C27H44/c1-23(2)13-8-15-25(4)21(23)12-16-27(6)22(25)11-10-20-19-9-7-14-24(19,3)17-18-26(20,27)5/h21-22H,7-18H2,1-6H3/t21-,22+,24-,25-,26+,27+/m0/s1. The fourth-order valence-electron chi connectivity index (χ4n) is 10.2. The topological polar surface area (TPSA) is 0 Å². The molecular formula is C27H44. The van der Waals surface area contributed by atoms with E-state index in [9.17, 15) is 0 Å². The Balaban J connectivity index is 1.60.